The Kier molecular flexibility index (Phi) is 4.56. The Morgan fingerprint density at radius 3 is 2.56 bits per heavy atom. The number of rotatable bonds is 4. The number of nitrogens with zero attached hydrogens (tertiary/aromatic N) is 1. The molecule has 25 heavy (non-hydrogen) atoms. The normalized spacial score (nSPS) is 28.6. The SMILES string of the molecule is Cc1ccc(N2C(=O)CC(SC3(C)C=CC=CC3C(=O)[O-])C2=O)cc1. The van der Waals surface area contributed by atoms with Gasteiger partial charge in [0.2, 0.25) is 11.8 Å². The van der Waals surface area contributed by atoms with Crippen LogP contribution < -0.4 is 10.0 Å². The second-order valence-electron chi connectivity index (χ2n) is 6.44. The Morgan fingerprint density at radius 1 is 1.24 bits per heavy atom. The third-order valence-corrected chi connectivity index (χ3v) is 6.06. The number of hydrogen-bond acceptors (Lipinski definition) is 5. The number of carbonyl (C=O) groups excluding carboxylic acids is 3. The quantitative estimate of drug-likeness (QED) is 0.766. The van der Waals surface area contributed by atoms with Crippen molar-refractivity contribution in [3.8, 4) is 0 Å². The molecule has 0 radical (unpaired) electrons. The molecule has 5 nitrogen and oxygen atoms in total. The van der Waals surface area contributed by atoms with Gasteiger partial charge in [0.25, 0.3) is 0 Å². The summed E-state index contributed by atoms with van der Waals surface area (Å²) in [6, 6.07) is 7.18. The maximum absolute atomic E-state index is 12.8. The van der Waals surface area contributed by atoms with E-state index in [1.165, 1.54) is 16.7 Å². The number of aliphatic carboxylic acids is 1. The maximum Gasteiger partial charge on any atom is 0.247 e. The van der Waals surface area contributed by atoms with Crippen LogP contribution in [0.2, 0.25) is 0 Å². The molecule has 3 unspecified atom stereocenters. The van der Waals surface area contributed by atoms with Crippen molar-refractivity contribution in [2.75, 3.05) is 4.90 Å². The van der Waals surface area contributed by atoms with Gasteiger partial charge in [-0.05, 0) is 26.0 Å². The highest BCUT2D eigenvalue weighted by Gasteiger charge is 2.45. The van der Waals surface area contributed by atoms with Gasteiger partial charge in [-0.25, -0.2) is 4.90 Å². The second-order valence-corrected chi connectivity index (χ2v) is 8.12. The number of allylic oxidation sites excluding steroid dienone is 2. The summed E-state index contributed by atoms with van der Waals surface area (Å²) in [5.41, 5.74) is 1.58. The number of carbonyl (C=O) groups is 3. The van der Waals surface area contributed by atoms with Crippen molar-refractivity contribution in [2.24, 2.45) is 5.92 Å². The lowest BCUT2D eigenvalue weighted by molar-refractivity contribution is -0.310. The molecule has 0 N–H and O–H groups in total. The van der Waals surface area contributed by atoms with Crippen LogP contribution >= 0.6 is 11.8 Å². The van der Waals surface area contributed by atoms with Crippen molar-refractivity contribution in [1.29, 1.82) is 0 Å². The smallest absolute Gasteiger partial charge is 0.247 e. The predicted molar refractivity (Wildman–Crippen MR) is 94.9 cm³/mol. The van der Waals surface area contributed by atoms with E-state index in [-0.39, 0.29) is 18.2 Å². The summed E-state index contributed by atoms with van der Waals surface area (Å²) < 4.78 is -0.836. The van der Waals surface area contributed by atoms with Crippen molar-refractivity contribution in [1.82, 2.24) is 0 Å². The Hall–Kier alpha value is -2.34. The largest absolute Gasteiger partial charge is 0.549 e. The molecule has 2 aliphatic rings. The number of carboxylic acid groups (broad SMARTS) is 1. The van der Waals surface area contributed by atoms with Gasteiger partial charge >= 0.3 is 0 Å². The third kappa shape index (κ3) is 3.26. The number of hydrogen-bond donors (Lipinski definition) is 0. The number of carboxylic acids is 1. The Bertz CT molecular complexity index is 783. The van der Waals surface area contributed by atoms with Crippen LogP contribution in [0.15, 0.2) is 48.6 Å². The zero-order valence-electron chi connectivity index (χ0n) is 14.0. The zero-order valence-corrected chi connectivity index (χ0v) is 14.8. The third-order valence-electron chi connectivity index (χ3n) is 4.51. The molecule has 3 rings (SSSR count). The van der Waals surface area contributed by atoms with Crippen LogP contribution in [0.4, 0.5) is 5.69 Å². The molecule has 1 aliphatic heterocycles. The highest BCUT2D eigenvalue weighted by Crippen LogP contribution is 2.43. The van der Waals surface area contributed by atoms with Gasteiger partial charge in [-0.2, -0.15) is 0 Å². The number of thioether (sulfide) groups is 1. The van der Waals surface area contributed by atoms with Crippen LogP contribution in [0.25, 0.3) is 0 Å². The Morgan fingerprint density at radius 2 is 1.92 bits per heavy atom. The molecule has 0 aromatic heterocycles. The summed E-state index contributed by atoms with van der Waals surface area (Å²) in [5.74, 6) is -2.61. The molecule has 0 saturated carbocycles. The minimum atomic E-state index is -1.19. The predicted octanol–water partition coefficient (Wildman–Crippen LogP) is 1.61. The minimum Gasteiger partial charge on any atom is -0.549 e. The highest BCUT2D eigenvalue weighted by molar-refractivity contribution is 8.02. The standard InChI is InChI=1S/C19H19NO4S/c1-12-6-8-13(9-7-12)20-16(21)11-15(17(20)22)25-19(2)10-4-3-5-14(19)18(23)24/h3-10,14-15H,11H2,1-2H3,(H,23,24)/p-1. The Balaban J connectivity index is 1.82. The van der Waals surface area contributed by atoms with Gasteiger partial charge in [-0.1, -0.05) is 42.0 Å². The first-order valence-corrected chi connectivity index (χ1v) is 8.88. The van der Waals surface area contributed by atoms with Crippen LogP contribution in [-0.2, 0) is 14.4 Å². The van der Waals surface area contributed by atoms with Gasteiger partial charge in [0.1, 0.15) is 0 Å². The zero-order chi connectivity index (χ0) is 18.2. The van der Waals surface area contributed by atoms with Crippen LogP contribution in [0, 0.1) is 12.8 Å². The van der Waals surface area contributed by atoms with Gasteiger partial charge in [0.05, 0.1) is 10.9 Å². The number of imide groups is 1. The average molecular weight is 356 g/mol. The van der Waals surface area contributed by atoms with E-state index >= 15 is 0 Å². The lowest BCUT2D eigenvalue weighted by atomic mass is 9.89. The van der Waals surface area contributed by atoms with Gasteiger partial charge in [0, 0.05) is 23.1 Å². The summed E-state index contributed by atoms with van der Waals surface area (Å²) in [7, 11) is 0. The minimum absolute atomic E-state index is 0.0598. The number of amides is 2. The number of aryl methyl sites for hydroxylation is 1. The van der Waals surface area contributed by atoms with Crippen LogP contribution in [0.3, 0.4) is 0 Å². The monoisotopic (exact) mass is 356 g/mol. The highest BCUT2D eigenvalue weighted by atomic mass is 32.2. The number of anilines is 1. The van der Waals surface area contributed by atoms with E-state index in [1.54, 1.807) is 43.4 Å². The van der Waals surface area contributed by atoms with Crippen molar-refractivity contribution in [3.63, 3.8) is 0 Å². The van der Waals surface area contributed by atoms with Crippen LogP contribution in [-0.4, -0.2) is 27.8 Å². The van der Waals surface area contributed by atoms with Crippen LogP contribution in [0.5, 0.6) is 0 Å². The summed E-state index contributed by atoms with van der Waals surface area (Å²) >= 11 is 1.21. The molecule has 1 aromatic carbocycles. The van der Waals surface area contributed by atoms with E-state index < -0.39 is 21.9 Å². The van der Waals surface area contributed by atoms with E-state index in [0.29, 0.717) is 5.69 Å². The fourth-order valence-electron chi connectivity index (χ4n) is 3.11. The molecule has 6 heteroatoms. The summed E-state index contributed by atoms with van der Waals surface area (Å²) in [6.45, 7) is 3.68. The lowest BCUT2D eigenvalue weighted by Crippen LogP contribution is -2.44. The maximum atomic E-state index is 12.8. The molecule has 1 aliphatic carbocycles. The molecule has 0 bridgehead atoms. The molecule has 1 heterocycles. The second kappa shape index (κ2) is 6.52. The summed E-state index contributed by atoms with van der Waals surface area (Å²) in [5, 5.41) is 10.8. The van der Waals surface area contributed by atoms with Gasteiger partial charge < -0.3 is 9.90 Å². The Labute approximate surface area is 150 Å². The number of benzene rings is 1. The fraction of sp³-hybridized carbons (Fsp3) is 0.316. The topological polar surface area (TPSA) is 77.5 Å². The van der Waals surface area contributed by atoms with E-state index in [4.69, 9.17) is 0 Å². The van der Waals surface area contributed by atoms with E-state index in [2.05, 4.69) is 0 Å². The van der Waals surface area contributed by atoms with Crippen LogP contribution in [0.1, 0.15) is 18.9 Å². The van der Waals surface area contributed by atoms with E-state index in [0.717, 1.165) is 5.56 Å². The first kappa shape index (κ1) is 17.5. The molecule has 1 fully saturated rings. The molecule has 1 saturated heterocycles. The summed E-state index contributed by atoms with van der Waals surface area (Å²) in [4.78, 5) is 37.8. The molecular formula is C19H18NO4S-. The van der Waals surface area contributed by atoms with Gasteiger partial charge in [-0.15, -0.1) is 11.8 Å². The summed E-state index contributed by atoms with van der Waals surface area (Å²) in [6.07, 6.45) is 6.78. The van der Waals surface area contributed by atoms with E-state index in [1.807, 2.05) is 19.1 Å². The molecule has 2 amide bonds. The van der Waals surface area contributed by atoms with Crippen molar-refractivity contribution in [3.05, 3.63) is 54.1 Å². The van der Waals surface area contributed by atoms with Gasteiger partial charge in [-0.3, -0.25) is 9.59 Å². The van der Waals surface area contributed by atoms with Crippen molar-refractivity contribution >= 4 is 35.2 Å². The molecule has 0 spiro atoms. The lowest BCUT2D eigenvalue weighted by Gasteiger charge is -2.36. The van der Waals surface area contributed by atoms with E-state index in [9.17, 15) is 19.5 Å². The van der Waals surface area contributed by atoms with Gasteiger partial charge in [0.15, 0.2) is 0 Å². The fourth-order valence-corrected chi connectivity index (χ4v) is 4.63. The first-order valence-electron chi connectivity index (χ1n) is 8.00. The van der Waals surface area contributed by atoms with Crippen molar-refractivity contribution < 1.29 is 19.5 Å². The molecule has 130 valence electrons. The molecule has 3 atom stereocenters. The average Bonchev–Trinajstić information content (AvgIpc) is 2.82. The molecule has 1 aromatic rings. The first-order chi connectivity index (χ1) is 11.8. The molecular weight excluding hydrogens is 338 g/mol. The van der Waals surface area contributed by atoms with Crippen molar-refractivity contribution in [2.45, 2.75) is 30.3 Å².